The summed E-state index contributed by atoms with van der Waals surface area (Å²) in [7, 11) is 0. The number of rotatable bonds is 6. The molecule has 2 N–H and O–H groups in total. The minimum Gasteiger partial charge on any atom is -0.491 e. The van der Waals surface area contributed by atoms with Gasteiger partial charge in [-0.15, -0.1) is 0 Å². The number of benzene rings is 2. The number of amides is 1. The lowest BCUT2D eigenvalue weighted by Gasteiger charge is -2.32. The largest absolute Gasteiger partial charge is 0.491 e. The van der Waals surface area contributed by atoms with E-state index in [4.69, 9.17) is 9.47 Å². The van der Waals surface area contributed by atoms with Crippen LogP contribution in [-0.2, 0) is 13.0 Å². The summed E-state index contributed by atoms with van der Waals surface area (Å²) in [6, 6.07) is 13.5. The molecule has 5 rings (SSSR count). The number of nitrogens with zero attached hydrogens (tertiary/aromatic N) is 2. The number of ether oxygens (including phenoxy) is 2. The van der Waals surface area contributed by atoms with Gasteiger partial charge < -0.3 is 24.8 Å². The molecule has 1 fully saturated rings. The van der Waals surface area contributed by atoms with Crippen LogP contribution in [0.4, 0.5) is 4.39 Å². The monoisotopic (exact) mass is 469 g/mol. The van der Waals surface area contributed by atoms with Crippen molar-refractivity contribution >= 4 is 5.91 Å². The zero-order chi connectivity index (χ0) is 23.5. The van der Waals surface area contributed by atoms with Crippen LogP contribution in [0.5, 0.6) is 11.5 Å². The summed E-state index contributed by atoms with van der Waals surface area (Å²) in [4.78, 5) is 17.1. The predicted molar refractivity (Wildman–Crippen MR) is 126 cm³/mol. The fraction of sp³-hybridized carbons (Fsp3) is 0.500. The van der Waals surface area contributed by atoms with Crippen LogP contribution in [0.2, 0.25) is 0 Å². The smallest absolute Gasteiger partial charge is 0.257 e. The first-order valence-electron chi connectivity index (χ1n) is 12.1. The number of fused-ring (bicyclic) bond motifs is 2. The van der Waals surface area contributed by atoms with Gasteiger partial charge >= 0.3 is 0 Å². The molecule has 3 aliphatic rings. The highest BCUT2D eigenvalue weighted by Crippen LogP contribution is 2.30. The zero-order valence-electron chi connectivity index (χ0n) is 19.3. The van der Waals surface area contributed by atoms with Gasteiger partial charge in [0, 0.05) is 38.8 Å². The van der Waals surface area contributed by atoms with Gasteiger partial charge in [-0.3, -0.25) is 9.69 Å². The molecule has 0 bridgehead atoms. The van der Waals surface area contributed by atoms with Gasteiger partial charge in [-0.05, 0) is 42.6 Å². The molecule has 7 nitrogen and oxygen atoms in total. The van der Waals surface area contributed by atoms with Crippen molar-refractivity contribution in [3.05, 3.63) is 59.2 Å². The van der Waals surface area contributed by atoms with Crippen molar-refractivity contribution in [2.24, 2.45) is 0 Å². The van der Waals surface area contributed by atoms with Gasteiger partial charge in [0.2, 0.25) is 0 Å². The Morgan fingerprint density at radius 1 is 1.18 bits per heavy atom. The molecule has 0 spiro atoms. The number of hydrogen-bond acceptors (Lipinski definition) is 6. The first kappa shape index (κ1) is 23.1. The van der Waals surface area contributed by atoms with E-state index in [0.717, 1.165) is 19.5 Å². The van der Waals surface area contributed by atoms with Gasteiger partial charge in [0.05, 0.1) is 18.2 Å². The van der Waals surface area contributed by atoms with E-state index in [1.165, 1.54) is 11.1 Å². The fourth-order valence-corrected chi connectivity index (χ4v) is 5.01. The number of β-amino-alcohol motifs (C(OH)–C–C–N with tert-alkyl or cyclic N) is 1. The summed E-state index contributed by atoms with van der Waals surface area (Å²) in [6.45, 7) is 4.18. The van der Waals surface area contributed by atoms with Crippen LogP contribution in [0.15, 0.2) is 42.5 Å². The van der Waals surface area contributed by atoms with Gasteiger partial charge in [0.1, 0.15) is 30.4 Å². The number of hydrogen-bond donors (Lipinski definition) is 2. The minimum atomic E-state index is -1.07. The van der Waals surface area contributed by atoms with Crippen molar-refractivity contribution in [3.8, 4) is 11.5 Å². The molecule has 34 heavy (non-hydrogen) atoms. The Balaban J connectivity index is 1.20. The van der Waals surface area contributed by atoms with E-state index >= 15 is 0 Å². The van der Waals surface area contributed by atoms with Crippen molar-refractivity contribution in [3.63, 3.8) is 0 Å². The van der Waals surface area contributed by atoms with E-state index in [9.17, 15) is 14.3 Å². The van der Waals surface area contributed by atoms with E-state index < -0.39 is 18.4 Å². The Hall–Kier alpha value is -2.68. The SMILES string of the molecule is O=C1c2ccc(OC3CCNCC3F)cc2OCCN1C[C@H](O)CN1CCc2ccccc2C1. The van der Waals surface area contributed by atoms with Crippen molar-refractivity contribution < 1.29 is 23.8 Å². The van der Waals surface area contributed by atoms with E-state index in [2.05, 4.69) is 28.4 Å². The molecule has 1 saturated heterocycles. The highest BCUT2D eigenvalue weighted by Gasteiger charge is 2.29. The normalized spacial score (nSPS) is 23.9. The van der Waals surface area contributed by atoms with Crippen LogP contribution in [0.1, 0.15) is 27.9 Å². The maximum atomic E-state index is 14.1. The first-order valence-corrected chi connectivity index (χ1v) is 12.1. The molecule has 3 aliphatic heterocycles. The average Bonchev–Trinajstić information content (AvgIpc) is 2.99. The van der Waals surface area contributed by atoms with Crippen molar-refractivity contribution in [2.45, 2.75) is 37.8 Å². The second-order valence-electron chi connectivity index (χ2n) is 9.33. The number of piperidine rings is 1. The summed E-state index contributed by atoms with van der Waals surface area (Å²) in [5.74, 6) is 0.767. The Morgan fingerprint density at radius 3 is 2.88 bits per heavy atom. The van der Waals surface area contributed by atoms with Crippen LogP contribution in [-0.4, -0.2) is 85.1 Å². The van der Waals surface area contributed by atoms with Gasteiger partial charge in [-0.25, -0.2) is 4.39 Å². The first-order chi connectivity index (χ1) is 16.6. The summed E-state index contributed by atoms with van der Waals surface area (Å²) < 4.78 is 25.8. The van der Waals surface area contributed by atoms with E-state index in [1.54, 1.807) is 23.1 Å². The number of carbonyl (C=O) groups is 1. The molecule has 2 unspecified atom stereocenters. The molecule has 0 saturated carbocycles. The quantitative estimate of drug-likeness (QED) is 0.675. The number of halogens is 1. The molecule has 8 heteroatoms. The Kier molecular flexibility index (Phi) is 6.99. The van der Waals surface area contributed by atoms with Gasteiger partial charge in [-0.2, -0.15) is 0 Å². The molecular weight excluding hydrogens is 437 g/mol. The summed E-state index contributed by atoms with van der Waals surface area (Å²) >= 11 is 0. The maximum absolute atomic E-state index is 14.1. The second kappa shape index (κ2) is 10.3. The lowest BCUT2D eigenvalue weighted by molar-refractivity contribution is 0.0501. The maximum Gasteiger partial charge on any atom is 0.257 e. The van der Waals surface area contributed by atoms with Gasteiger partial charge in [-0.1, -0.05) is 24.3 Å². The number of aliphatic hydroxyl groups excluding tert-OH is 1. The predicted octanol–water partition coefficient (Wildman–Crippen LogP) is 2.02. The number of aliphatic hydroxyl groups is 1. The topological polar surface area (TPSA) is 74.3 Å². The van der Waals surface area contributed by atoms with Crippen molar-refractivity contribution in [1.29, 1.82) is 0 Å². The van der Waals surface area contributed by atoms with Crippen LogP contribution >= 0.6 is 0 Å². The lowest BCUT2D eigenvalue weighted by Crippen LogP contribution is -2.44. The molecule has 2 aromatic rings. The molecule has 0 radical (unpaired) electrons. The van der Waals surface area contributed by atoms with E-state index in [1.807, 2.05) is 6.07 Å². The number of carbonyl (C=O) groups excluding carboxylic acids is 1. The third kappa shape index (κ3) is 5.19. The highest BCUT2D eigenvalue weighted by atomic mass is 19.1. The van der Waals surface area contributed by atoms with Gasteiger partial charge in [0.15, 0.2) is 0 Å². The summed E-state index contributed by atoms with van der Waals surface area (Å²) in [6.07, 6.45) is -0.668. The fourth-order valence-electron chi connectivity index (χ4n) is 5.01. The van der Waals surface area contributed by atoms with Gasteiger partial charge in [0.25, 0.3) is 5.91 Å². The molecular formula is C26H32FN3O4. The van der Waals surface area contributed by atoms with Crippen LogP contribution in [0.25, 0.3) is 0 Å². The molecule has 1 amide bonds. The Bertz CT molecular complexity index is 1020. The number of alkyl halides is 1. The zero-order valence-corrected chi connectivity index (χ0v) is 19.3. The summed E-state index contributed by atoms with van der Waals surface area (Å²) in [5, 5.41) is 13.8. The molecule has 3 atom stereocenters. The van der Waals surface area contributed by atoms with Crippen molar-refractivity contribution in [2.75, 3.05) is 45.9 Å². The summed E-state index contributed by atoms with van der Waals surface area (Å²) in [5.41, 5.74) is 3.11. The third-order valence-corrected chi connectivity index (χ3v) is 6.84. The number of nitrogens with one attached hydrogen (secondary N) is 1. The van der Waals surface area contributed by atoms with Crippen LogP contribution in [0.3, 0.4) is 0 Å². The second-order valence-corrected chi connectivity index (χ2v) is 9.33. The molecule has 2 aromatic carbocycles. The average molecular weight is 470 g/mol. The molecule has 0 aliphatic carbocycles. The minimum absolute atomic E-state index is 0.174. The Morgan fingerprint density at radius 2 is 2.03 bits per heavy atom. The lowest BCUT2D eigenvalue weighted by atomic mass is 10.00. The molecule has 182 valence electrons. The van der Waals surface area contributed by atoms with E-state index in [-0.39, 0.29) is 19.0 Å². The standard InChI is InChI=1S/C26H32FN3O4/c27-23-14-28-9-7-24(23)34-21-5-6-22-25(13-21)33-12-11-30(26(22)32)17-20(31)16-29-10-8-18-3-1-2-4-19(18)15-29/h1-6,13,20,23-24,28,31H,7-12,14-17H2/t20-,23?,24?/m1/s1. The van der Waals surface area contributed by atoms with E-state index in [0.29, 0.717) is 49.7 Å². The third-order valence-electron chi connectivity index (χ3n) is 6.84. The Labute approximate surface area is 199 Å². The molecule has 0 aromatic heterocycles. The van der Waals surface area contributed by atoms with Crippen LogP contribution in [0, 0.1) is 0 Å². The highest BCUT2D eigenvalue weighted by molar-refractivity contribution is 5.97. The molecule has 3 heterocycles. The van der Waals surface area contributed by atoms with Crippen molar-refractivity contribution in [1.82, 2.24) is 15.1 Å². The van der Waals surface area contributed by atoms with Crippen LogP contribution < -0.4 is 14.8 Å².